The first-order valence-electron chi connectivity index (χ1n) is 7.02. The summed E-state index contributed by atoms with van der Waals surface area (Å²) in [5.74, 6) is 0. The maximum atomic E-state index is 5.12. The molecule has 2 aromatic carbocycles. The Morgan fingerprint density at radius 2 is 1.30 bits per heavy atom. The molecule has 3 rings (SSSR count). The van der Waals surface area contributed by atoms with Crippen LogP contribution in [-0.4, -0.2) is 0 Å². The second-order valence-corrected chi connectivity index (χ2v) is 5.75. The zero-order valence-corrected chi connectivity index (χ0v) is 12.3. The normalized spacial score (nSPS) is 14.9. The van der Waals surface area contributed by atoms with Gasteiger partial charge in [-0.1, -0.05) is 78.9 Å². The highest BCUT2D eigenvalue weighted by Crippen LogP contribution is 2.44. The lowest BCUT2D eigenvalue weighted by Gasteiger charge is -2.32. The first-order valence-corrected chi connectivity index (χ1v) is 7.47. The van der Waals surface area contributed by atoms with Gasteiger partial charge in [0, 0.05) is 0 Å². The van der Waals surface area contributed by atoms with Gasteiger partial charge in [0.2, 0.25) is 0 Å². The van der Waals surface area contributed by atoms with E-state index in [0.717, 1.165) is 12.8 Å². The zero-order chi connectivity index (χ0) is 13.8. The molecule has 1 aliphatic carbocycles. The third-order valence-electron chi connectivity index (χ3n) is 3.80. The van der Waals surface area contributed by atoms with Crippen molar-refractivity contribution in [3.63, 3.8) is 0 Å². The fourth-order valence-corrected chi connectivity index (χ4v) is 3.20. The first kappa shape index (κ1) is 13.3. The van der Waals surface area contributed by atoms with Crippen molar-refractivity contribution in [3.05, 3.63) is 95.6 Å². The summed E-state index contributed by atoms with van der Waals surface area (Å²) < 4.78 is -0.376. The van der Waals surface area contributed by atoms with Crippen molar-refractivity contribution in [2.45, 2.75) is 17.6 Å². The van der Waals surface area contributed by atoms with Crippen LogP contribution in [0.4, 0.5) is 0 Å². The number of rotatable bonds is 3. The second-order valence-electron chi connectivity index (χ2n) is 5.08. The maximum absolute atomic E-state index is 5.12. The Bertz CT molecular complexity index is 584. The molecular weight excluding hydrogens is 260 g/mol. The van der Waals surface area contributed by atoms with Crippen LogP contribution < -0.4 is 0 Å². The molecule has 2 aromatic rings. The monoisotopic (exact) mass is 278 g/mol. The third kappa shape index (κ3) is 2.34. The smallest absolute Gasteiger partial charge is 0.0874 e. The van der Waals surface area contributed by atoms with Crippen LogP contribution in [0.2, 0.25) is 0 Å². The van der Waals surface area contributed by atoms with Gasteiger partial charge in [-0.05, 0) is 29.5 Å². The van der Waals surface area contributed by atoms with Gasteiger partial charge in [-0.3, -0.25) is 0 Å². The Balaban J connectivity index is 2.18. The van der Waals surface area contributed by atoms with Crippen LogP contribution in [0.15, 0.2) is 84.5 Å². The van der Waals surface area contributed by atoms with E-state index in [9.17, 15) is 0 Å². The van der Waals surface area contributed by atoms with E-state index in [1.165, 1.54) is 16.7 Å². The van der Waals surface area contributed by atoms with Crippen molar-refractivity contribution >= 4 is 12.6 Å². The highest BCUT2D eigenvalue weighted by molar-refractivity contribution is 7.81. The van der Waals surface area contributed by atoms with E-state index in [0.29, 0.717) is 0 Å². The number of hydrogen-bond acceptors (Lipinski definition) is 1. The van der Waals surface area contributed by atoms with E-state index in [1.807, 2.05) is 12.1 Å². The molecule has 100 valence electrons. The number of thiol groups is 1. The summed E-state index contributed by atoms with van der Waals surface area (Å²) in [6, 6.07) is 21.0. The minimum atomic E-state index is -0.376. The molecule has 0 amide bonds. The highest BCUT2D eigenvalue weighted by atomic mass is 32.1. The van der Waals surface area contributed by atoms with Gasteiger partial charge in [0.15, 0.2) is 0 Å². The van der Waals surface area contributed by atoms with Gasteiger partial charge < -0.3 is 0 Å². The Labute approximate surface area is 126 Å². The Hall–Kier alpha value is -1.73. The van der Waals surface area contributed by atoms with Gasteiger partial charge in [0.1, 0.15) is 0 Å². The minimum absolute atomic E-state index is 0.376. The molecule has 0 aliphatic heterocycles. The molecule has 1 heteroatoms. The molecule has 20 heavy (non-hydrogen) atoms. The van der Waals surface area contributed by atoms with Crippen LogP contribution in [0.1, 0.15) is 24.0 Å². The molecular formula is C19H18S. The first-order chi connectivity index (χ1) is 9.82. The molecule has 0 unspecified atom stereocenters. The van der Waals surface area contributed by atoms with Crippen molar-refractivity contribution < 1.29 is 0 Å². The van der Waals surface area contributed by atoms with E-state index in [1.54, 1.807) is 0 Å². The van der Waals surface area contributed by atoms with Crippen LogP contribution in [0.3, 0.4) is 0 Å². The third-order valence-corrected chi connectivity index (χ3v) is 4.57. The molecule has 0 saturated carbocycles. The lowest BCUT2D eigenvalue weighted by Crippen LogP contribution is -2.23. The van der Waals surface area contributed by atoms with Crippen molar-refractivity contribution in [1.82, 2.24) is 0 Å². The summed E-state index contributed by atoms with van der Waals surface area (Å²) in [5, 5.41) is 0. The Morgan fingerprint density at radius 1 is 0.750 bits per heavy atom. The van der Waals surface area contributed by atoms with Gasteiger partial charge in [0.25, 0.3) is 0 Å². The fourth-order valence-electron chi connectivity index (χ4n) is 2.74. The van der Waals surface area contributed by atoms with E-state index in [4.69, 9.17) is 12.6 Å². The van der Waals surface area contributed by atoms with Crippen LogP contribution in [-0.2, 0) is 4.75 Å². The minimum Gasteiger partial charge on any atom is -0.158 e. The van der Waals surface area contributed by atoms with Crippen molar-refractivity contribution in [3.8, 4) is 0 Å². The van der Waals surface area contributed by atoms with Crippen LogP contribution in [0.5, 0.6) is 0 Å². The topological polar surface area (TPSA) is 0 Å². The van der Waals surface area contributed by atoms with Crippen LogP contribution in [0.25, 0.3) is 0 Å². The molecule has 0 bridgehead atoms. The van der Waals surface area contributed by atoms with E-state index in [2.05, 4.69) is 66.8 Å². The standard InChI is InChI=1S/C19H18S/c20-19(16-10-4-1-5-11-16,17-12-6-2-7-13-17)18-14-8-3-9-15-18/h1-2,4-8,10-15,20H,3,9H2. The van der Waals surface area contributed by atoms with Gasteiger partial charge in [-0.25, -0.2) is 0 Å². The Morgan fingerprint density at radius 3 is 1.75 bits per heavy atom. The summed E-state index contributed by atoms with van der Waals surface area (Å²) in [5.41, 5.74) is 3.70. The molecule has 0 saturated heterocycles. The van der Waals surface area contributed by atoms with E-state index >= 15 is 0 Å². The lowest BCUT2D eigenvalue weighted by atomic mass is 9.81. The molecule has 0 N–H and O–H groups in total. The quantitative estimate of drug-likeness (QED) is 0.739. The van der Waals surface area contributed by atoms with Crippen LogP contribution in [0, 0.1) is 0 Å². The number of allylic oxidation sites excluding steroid dienone is 3. The summed E-state index contributed by atoms with van der Waals surface area (Å²) >= 11 is 5.12. The summed E-state index contributed by atoms with van der Waals surface area (Å²) in [4.78, 5) is 0. The average Bonchev–Trinajstić information content (AvgIpc) is 2.56. The summed E-state index contributed by atoms with van der Waals surface area (Å²) in [6.45, 7) is 0. The average molecular weight is 278 g/mol. The number of benzene rings is 2. The number of hydrogen-bond donors (Lipinski definition) is 1. The molecule has 0 atom stereocenters. The van der Waals surface area contributed by atoms with E-state index < -0.39 is 0 Å². The lowest BCUT2D eigenvalue weighted by molar-refractivity contribution is 0.868. The van der Waals surface area contributed by atoms with Gasteiger partial charge >= 0.3 is 0 Å². The molecule has 0 spiro atoms. The molecule has 0 aromatic heterocycles. The molecule has 0 nitrogen and oxygen atoms in total. The maximum Gasteiger partial charge on any atom is 0.0874 e. The van der Waals surface area contributed by atoms with Gasteiger partial charge in [0.05, 0.1) is 4.75 Å². The molecule has 0 fully saturated rings. The summed E-state index contributed by atoms with van der Waals surface area (Å²) in [6.07, 6.45) is 8.99. The Kier molecular flexibility index (Phi) is 3.79. The highest BCUT2D eigenvalue weighted by Gasteiger charge is 2.33. The van der Waals surface area contributed by atoms with Crippen molar-refractivity contribution in [2.75, 3.05) is 0 Å². The SMILES string of the molecule is SC(C1=CCCC=C1)(c1ccccc1)c1ccccc1. The van der Waals surface area contributed by atoms with Crippen molar-refractivity contribution in [2.24, 2.45) is 0 Å². The molecule has 0 radical (unpaired) electrons. The molecule has 1 aliphatic rings. The predicted octanol–water partition coefficient (Wildman–Crippen LogP) is 5.14. The van der Waals surface area contributed by atoms with Gasteiger partial charge in [-0.15, -0.1) is 0 Å². The predicted molar refractivity (Wildman–Crippen MR) is 89.1 cm³/mol. The van der Waals surface area contributed by atoms with Crippen molar-refractivity contribution in [1.29, 1.82) is 0 Å². The molecule has 0 heterocycles. The van der Waals surface area contributed by atoms with E-state index in [-0.39, 0.29) is 4.75 Å². The summed E-state index contributed by atoms with van der Waals surface area (Å²) in [7, 11) is 0. The van der Waals surface area contributed by atoms with Gasteiger partial charge in [-0.2, -0.15) is 12.6 Å². The van der Waals surface area contributed by atoms with Crippen LogP contribution >= 0.6 is 12.6 Å². The fraction of sp³-hybridized carbons (Fsp3) is 0.158. The zero-order valence-electron chi connectivity index (χ0n) is 11.4. The largest absolute Gasteiger partial charge is 0.158 e. The second kappa shape index (κ2) is 5.72.